The molecular weight excluding hydrogens is 297 g/mol. The summed E-state index contributed by atoms with van der Waals surface area (Å²) in [6.07, 6.45) is 0. The summed E-state index contributed by atoms with van der Waals surface area (Å²) in [4.78, 5) is 18.3. The van der Waals surface area contributed by atoms with E-state index in [-0.39, 0.29) is 11.8 Å². The molecule has 0 N–H and O–H groups in total. The van der Waals surface area contributed by atoms with E-state index in [1.54, 1.807) is 12.1 Å². The first-order chi connectivity index (χ1) is 11.1. The fourth-order valence-corrected chi connectivity index (χ4v) is 2.68. The van der Waals surface area contributed by atoms with Crippen molar-refractivity contribution < 1.29 is 13.9 Å². The van der Waals surface area contributed by atoms with Gasteiger partial charge in [-0.1, -0.05) is 0 Å². The number of piperazine rings is 1. The Balaban J connectivity index is 1.68. The quantitative estimate of drug-likeness (QED) is 0.806. The predicted molar refractivity (Wildman–Crippen MR) is 88.2 cm³/mol. The van der Waals surface area contributed by atoms with Crippen LogP contribution in [0.2, 0.25) is 0 Å². The summed E-state index contributed by atoms with van der Waals surface area (Å²) in [5.74, 6) is 0.424. The third-order valence-electron chi connectivity index (χ3n) is 4.17. The van der Waals surface area contributed by atoms with Gasteiger partial charge in [-0.15, -0.1) is 0 Å². The highest BCUT2D eigenvalue weighted by Gasteiger charge is 2.23. The van der Waals surface area contributed by atoms with Crippen molar-refractivity contribution in [3.63, 3.8) is 0 Å². The summed E-state index contributed by atoms with van der Waals surface area (Å²) in [6.45, 7) is 10.1. The Hall–Kier alpha value is -1.82. The van der Waals surface area contributed by atoms with Crippen molar-refractivity contribution in [3.05, 3.63) is 30.1 Å². The Morgan fingerprint density at radius 3 is 2.30 bits per heavy atom. The summed E-state index contributed by atoms with van der Waals surface area (Å²) >= 11 is 0. The molecule has 2 amide bonds. The number of nitrogens with zero attached hydrogens (tertiary/aromatic N) is 3. The summed E-state index contributed by atoms with van der Waals surface area (Å²) < 4.78 is 18.4. The van der Waals surface area contributed by atoms with Gasteiger partial charge in [0, 0.05) is 45.8 Å². The molecule has 2 rings (SSSR count). The van der Waals surface area contributed by atoms with Crippen LogP contribution in [0.4, 0.5) is 9.18 Å². The summed E-state index contributed by atoms with van der Waals surface area (Å²) in [5.41, 5.74) is 0. The molecule has 0 radical (unpaired) electrons. The molecule has 0 spiro atoms. The predicted octanol–water partition coefficient (Wildman–Crippen LogP) is 2.28. The lowest BCUT2D eigenvalue weighted by molar-refractivity contribution is 0.107. The van der Waals surface area contributed by atoms with Crippen molar-refractivity contribution >= 4 is 6.03 Å². The highest BCUT2D eigenvalue weighted by Crippen LogP contribution is 2.11. The normalized spacial score (nSPS) is 15.5. The van der Waals surface area contributed by atoms with Gasteiger partial charge in [0.1, 0.15) is 18.2 Å². The van der Waals surface area contributed by atoms with Gasteiger partial charge in [0.05, 0.1) is 0 Å². The maximum Gasteiger partial charge on any atom is 0.320 e. The van der Waals surface area contributed by atoms with Crippen LogP contribution in [0.1, 0.15) is 13.8 Å². The molecule has 1 aliphatic heterocycles. The Labute approximate surface area is 137 Å². The average molecular weight is 323 g/mol. The van der Waals surface area contributed by atoms with Crippen molar-refractivity contribution in [2.45, 2.75) is 13.8 Å². The van der Waals surface area contributed by atoms with Gasteiger partial charge in [0.2, 0.25) is 0 Å². The molecule has 5 nitrogen and oxygen atoms in total. The van der Waals surface area contributed by atoms with Gasteiger partial charge in [-0.2, -0.15) is 0 Å². The Morgan fingerprint density at radius 1 is 1.13 bits per heavy atom. The molecule has 1 aliphatic rings. The topological polar surface area (TPSA) is 36.0 Å². The third-order valence-corrected chi connectivity index (χ3v) is 4.17. The van der Waals surface area contributed by atoms with Crippen molar-refractivity contribution in [1.29, 1.82) is 0 Å². The number of carbonyl (C=O) groups is 1. The second-order valence-corrected chi connectivity index (χ2v) is 5.59. The van der Waals surface area contributed by atoms with Gasteiger partial charge in [-0.25, -0.2) is 9.18 Å². The van der Waals surface area contributed by atoms with Crippen LogP contribution in [0, 0.1) is 5.82 Å². The van der Waals surface area contributed by atoms with Gasteiger partial charge in [0.15, 0.2) is 0 Å². The maximum atomic E-state index is 12.8. The number of halogens is 1. The molecule has 23 heavy (non-hydrogen) atoms. The standard InChI is InChI=1S/C17H26FN3O2/c1-3-20(4-2)17(22)21-11-9-19(10-12-21)13-14-23-16-7-5-15(18)6-8-16/h5-8H,3-4,9-14H2,1-2H3. The highest BCUT2D eigenvalue weighted by molar-refractivity contribution is 5.74. The minimum Gasteiger partial charge on any atom is -0.492 e. The van der Waals surface area contributed by atoms with Gasteiger partial charge >= 0.3 is 6.03 Å². The molecule has 0 atom stereocenters. The maximum absolute atomic E-state index is 12.8. The van der Waals surface area contributed by atoms with Crippen molar-refractivity contribution in [2.24, 2.45) is 0 Å². The zero-order chi connectivity index (χ0) is 16.7. The van der Waals surface area contributed by atoms with Crippen LogP contribution in [0.5, 0.6) is 5.75 Å². The van der Waals surface area contributed by atoms with Crippen LogP contribution in [-0.4, -0.2) is 73.2 Å². The fraction of sp³-hybridized carbons (Fsp3) is 0.588. The van der Waals surface area contributed by atoms with E-state index >= 15 is 0 Å². The van der Waals surface area contributed by atoms with Crippen LogP contribution >= 0.6 is 0 Å². The molecule has 1 saturated heterocycles. The molecule has 0 aromatic heterocycles. The SMILES string of the molecule is CCN(CC)C(=O)N1CCN(CCOc2ccc(F)cc2)CC1. The van der Waals surface area contributed by atoms with Crippen LogP contribution in [0.25, 0.3) is 0 Å². The number of ether oxygens (including phenoxy) is 1. The first-order valence-electron chi connectivity index (χ1n) is 8.28. The zero-order valence-electron chi connectivity index (χ0n) is 14.0. The van der Waals surface area contributed by atoms with Crippen molar-refractivity contribution in [2.75, 3.05) is 52.4 Å². The van der Waals surface area contributed by atoms with Gasteiger partial charge < -0.3 is 14.5 Å². The number of amides is 2. The minimum atomic E-state index is -0.258. The van der Waals surface area contributed by atoms with E-state index in [0.29, 0.717) is 12.4 Å². The van der Waals surface area contributed by atoms with E-state index in [0.717, 1.165) is 45.8 Å². The number of carbonyl (C=O) groups excluding carboxylic acids is 1. The van der Waals surface area contributed by atoms with E-state index in [9.17, 15) is 9.18 Å². The molecule has 1 fully saturated rings. The van der Waals surface area contributed by atoms with E-state index in [4.69, 9.17) is 4.74 Å². The molecule has 0 unspecified atom stereocenters. The molecule has 6 heteroatoms. The number of rotatable bonds is 6. The lowest BCUT2D eigenvalue weighted by Crippen LogP contribution is -2.53. The molecule has 0 aliphatic carbocycles. The highest BCUT2D eigenvalue weighted by atomic mass is 19.1. The second kappa shape index (κ2) is 8.72. The molecule has 0 bridgehead atoms. The minimum absolute atomic E-state index is 0.136. The number of hydrogen-bond acceptors (Lipinski definition) is 3. The first kappa shape index (κ1) is 17.5. The van der Waals surface area contributed by atoms with Gasteiger partial charge in [-0.3, -0.25) is 4.90 Å². The van der Waals surface area contributed by atoms with Crippen LogP contribution in [0.15, 0.2) is 24.3 Å². The zero-order valence-corrected chi connectivity index (χ0v) is 14.0. The van der Waals surface area contributed by atoms with E-state index in [1.165, 1.54) is 12.1 Å². The first-order valence-corrected chi connectivity index (χ1v) is 8.28. The third kappa shape index (κ3) is 5.10. The lowest BCUT2D eigenvalue weighted by atomic mass is 10.3. The Morgan fingerprint density at radius 2 is 1.74 bits per heavy atom. The van der Waals surface area contributed by atoms with Crippen LogP contribution in [-0.2, 0) is 0 Å². The van der Waals surface area contributed by atoms with Crippen molar-refractivity contribution in [1.82, 2.24) is 14.7 Å². The van der Waals surface area contributed by atoms with Crippen LogP contribution in [0.3, 0.4) is 0 Å². The average Bonchev–Trinajstić information content (AvgIpc) is 2.58. The summed E-state index contributed by atoms with van der Waals surface area (Å²) in [7, 11) is 0. The summed E-state index contributed by atoms with van der Waals surface area (Å²) in [5, 5.41) is 0. The number of benzene rings is 1. The molecular formula is C17H26FN3O2. The van der Waals surface area contributed by atoms with Crippen molar-refractivity contribution in [3.8, 4) is 5.75 Å². The second-order valence-electron chi connectivity index (χ2n) is 5.59. The Bertz CT molecular complexity index is 483. The molecule has 1 heterocycles. The number of urea groups is 1. The smallest absolute Gasteiger partial charge is 0.320 e. The molecule has 0 saturated carbocycles. The van der Waals surface area contributed by atoms with Crippen LogP contribution < -0.4 is 4.74 Å². The summed E-state index contributed by atoms with van der Waals surface area (Å²) in [6, 6.07) is 6.20. The molecule has 1 aromatic carbocycles. The number of hydrogen-bond donors (Lipinski definition) is 0. The monoisotopic (exact) mass is 323 g/mol. The Kier molecular flexibility index (Phi) is 6.65. The van der Waals surface area contributed by atoms with Gasteiger partial charge in [0.25, 0.3) is 0 Å². The largest absolute Gasteiger partial charge is 0.492 e. The lowest BCUT2D eigenvalue weighted by Gasteiger charge is -2.37. The molecule has 1 aromatic rings. The van der Waals surface area contributed by atoms with Gasteiger partial charge in [-0.05, 0) is 38.1 Å². The fourth-order valence-electron chi connectivity index (χ4n) is 2.68. The molecule has 128 valence electrons. The van der Waals surface area contributed by atoms with E-state index < -0.39 is 0 Å². The van der Waals surface area contributed by atoms with E-state index in [1.807, 2.05) is 23.6 Å². The van der Waals surface area contributed by atoms with E-state index in [2.05, 4.69) is 4.90 Å².